The molecule has 21 heavy (non-hydrogen) atoms. The molecule has 102 valence electrons. The van der Waals surface area contributed by atoms with Gasteiger partial charge < -0.3 is 4.42 Å². The maximum Gasteiger partial charge on any atom is 0.268 e. The van der Waals surface area contributed by atoms with E-state index in [0.29, 0.717) is 16.2 Å². The molecule has 0 aliphatic carbocycles. The van der Waals surface area contributed by atoms with Gasteiger partial charge in [-0.2, -0.15) is 5.26 Å². The number of carbonyl (C=O) groups excluding carboxylic acids is 1. The first kappa shape index (κ1) is 13.2. The minimum absolute atomic E-state index is 0.176. The number of furan rings is 1. The SMILES string of the molecule is N#Cc1cc(-c2ccccc2)oc1NC(=O)c1cccs1. The van der Waals surface area contributed by atoms with Crippen LogP contribution in [0.25, 0.3) is 11.3 Å². The van der Waals surface area contributed by atoms with Gasteiger partial charge in [0.2, 0.25) is 5.88 Å². The Labute approximate surface area is 125 Å². The lowest BCUT2D eigenvalue weighted by Crippen LogP contribution is -2.10. The van der Waals surface area contributed by atoms with Crippen LogP contribution in [0.15, 0.2) is 58.3 Å². The van der Waals surface area contributed by atoms with Crippen LogP contribution < -0.4 is 5.32 Å². The number of rotatable bonds is 3. The van der Waals surface area contributed by atoms with Crippen LogP contribution in [0.5, 0.6) is 0 Å². The van der Waals surface area contributed by atoms with Crippen LogP contribution in [0, 0.1) is 11.3 Å². The van der Waals surface area contributed by atoms with Gasteiger partial charge in [0.15, 0.2) is 0 Å². The second-order valence-electron chi connectivity index (χ2n) is 4.26. The van der Waals surface area contributed by atoms with Crippen LogP contribution in [0.3, 0.4) is 0 Å². The van der Waals surface area contributed by atoms with Crippen molar-refractivity contribution in [1.82, 2.24) is 0 Å². The molecule has 1 N–H and O–H groups in total. The molecule has 2 heterocycles. The van der Waals surface area contributed by atoms with Crippen molar-refractivity contribution in [3.05, 3.63) is 64.4 Å². The lowest BCUT2D eigenvalue weighted by atomic mass is 10.1. The van der Waals surface area contributed by atoms with Gasteiger partial charge in [-0.25, -0.2) is 0 Å². The molecule has 0 unspecified atom stereocenters. The summed E-state index contributed by atoms with van der Waals surface area (Å²) in [4.78, 5) is 12.6. The van der Waals surface area contributed by atoms with Crippen molar-refractivity contribution in [1.29, 1.82) is 5.26 Å². The number of benzene rings is 1. The normalized spacial score (nSPS) is 10.0. The summed E-state index contributed by atoms with van der Waals surface area (Å²) in [5, 5.41) is 13.6. The van der Waals surface area contributed by atoms with E-state index in [-0.39, 0.29) is 11.8 Å². The summed E-state index contributed by atoms with van der Waals surface area (Å²) in [7, 11) is 0. The Morgan fingerprint density at radius 2 is 2.00 bits per heavy atom. The summed E-state index contributed by atoms with van der Waals surface area (Å²) in [6.45, 7) is 0. The Bertz CT molecular complexity index is 799. The van der Waals surface area contributed by atoms with Crippen LogP contribution in [0.2, 0.25) is 0 Å². The smallest absolute Gasteiger partial charge is 0.268 e. The molecule has 0 aliphatic heterocycles. The highest BCUT2D eigenvalue weighted by Gasteiger charge is 2.16. The van der Waals surface area contributed by atoms with Crippen molar-refractivity contribution >= 4 is 23.1 Å². The standard InChI is InChI=1S/C16H10N2O2S/c17-10-12-9-13(11-5-2-1-3-6-11)20-16(12)18-15(19)14-7-4-8-21-14/h1-9H,(H,18,19). The number of hydrogen-bond donors (Lipinski definition) is 1. The molecular weight excluding hydrogens is 284 g/mol. The maximum absolute atomic E-state index is 12.0. The first-order valence-corrected chi connectivity index (χ1v) is 7.10. The van der Waals surface area contributed by atoms with Crippen LogP contribution in [0.1, 0.15) is 15.2 Å². The molecule has 3 rings (SSSR count). The van der Waals surface area contributed by atoms with E-state index in [9.17, 15) is 4.79 Å². The number of thiophene rings is 1. The predicted octanol–water partition coefficient (Wildman–Crippen LogP) is 4.13. The highest BCUT2D eigenvalue weighted by atomic mass is 32.1. The second-order valence-corrected chi connectivity index (χ2v) is 5.21. The number of amides is 1. The van der Waals surface area contributed by atoms with Crippen LogP contribution in [0.4, 0.5) is 5.88 Å². The Morgan fingerprint density at radius 3 is 2.67 bits per heavy atom. The van der Waals surface area contributed by atoms with Crippen molar-refractivity contribution in [2.24, 2.45) is 0 Å². The number of anilines is 1. The van der Waals surface area contributed by atoms with Crippen molar-refractivity contribution in [2.75, 3.05) is 5.32 Å². The molecule has 0 spiro atoms. The molecule has 1 amide bonds. The van der Waals surface area contributed by atoms with Gasteiger partial charge >= 0.3 is 0 Å². The van der Waals surface area contributed by atoms with E-state index in [1.165, 1.54) is 11.3 Å². The van der Waals surface area contributed by atoms with E-state index in [2.05, 4.69) is 5.32 Å². The lowest BCUT2D eigenvalue weighted by Gasteiger charge is -2.00. The summed E-state index contributed by atoms with van der Waals surface area (Å²) >= 11 is 1.33. The maximum atomic E-state index is 12.0. The van der Waals surface area contributed by atoms with Gasteiger partial charge in [-0.1, -0.05) is 36.4 Å². The first-order valence-electron chi connectivity index (χ1n) is 6.22. The topological polar surface area (TPSA) is 66.0 Å². The zero-order valence-corrected chi connectivity index (χ0v) is 11.7. The molecule has 0 radical (unpaired) electrons. The average molecular weight is 294 g/mol. The van der Waals surface area contributed by atoms with Gasteiger partial charge in [-0.05, 0) is 11.4 Å². The largest absolute Gasteiger partial charge is 0.439 e. The van der Waals surface area contributed by atoms with Gasteiger partial charge in [-0.3, -0.25) is 10.1 Å². The Hall–Kier alpha value is -2.84. The molecule has 4 nitrogen and oxygen atoms in total. The highest BCUT2D eigenvalue weighted by Crippen LogP contribution is 2.29. The average Bonchev–Trinajstić information content (AvgIpc) is 3.17. The Balaban J connectivity index is 1.91. The highest BCUT2D eigenvalue weighted by molar-refractivity contribution is 7.12. The van der Waals surface area contributed by atoms with Crippen molar-refractivity contribution in [3.63, 3.8) is 0 Å². The van der Waals surface area contributed by atoms with Crippen LogP contribution in [-0.2, 0) is 0 Å². The molecular formula is C16H10N2O2S. The molecule has 0 fully saturated rings. The predicted molar refractivity (Wildman–Crippen MR) is 81.1 cm³/mol. The fourth-order valence-corrected chi connectivity index (χ4v) is 2.50. The number of nitriles is 1. The van der Waals surface area contributed by atoms with Gasteiger partial charge in [0.05, 0.1) is 4.88 Å². The molecule has 2 aromatic heterocycles. The molecule has 1 aromatic carbocycles. The summed E-state index contributed by atoms with van der Waals surface area (Å²) in [5.74, 6) is 0.443. The third kappa shape index (κ3) is 2.71. The van der Waals surface area contributed by atoms with E-state index < -0.39 is 0 Å². The summed E-state index contributed by atoms with van der Waals surface area (Å²) in [6, 6.07) is 16.6. The Morgan fingerprint density at radius 1 is 1.19 bits per heavy atom. The number of nitrogens with zero attached hydrogens (tertiary/aromatic N) is 1. The molecule has 0 saturated heterocycles. The first-order chi connectivity index (χ1) is 10.3. The fourth-order valence-electron chi connectivity index (χ4n) is 1.88. The molecule has 0 aliphatic rings. The van der Waals surface area contributed by atoms with Crippen molar-refractivity contribution in [2.45, 2.75) is 0 Å². The van der Waals surface area contributed by atoms with E-state index in [0.717, 1.165) is 5.56 Å². The van der Waals surface area contributed by atoms with Gasteiger partial charge in [0.1, 0.15) is 17.4 Å². The van der Waals surface area contributed by atoms with Crippen molar-refractivity contribution < 1.29 is 9.21 Å². The van der Waals surface area contributed by atoms with E-state index in [1.807, 2.05) is 41.8 Å². The minimum atomic E-state index is -0.282. The van der Waals surface area contributed by atoms with Crippen LogP contribution in [-0.4, -0.2) is 5.91 Å². The quantitative estimate of drug-likeness (QED) is 0.789. The van der Waals surface area contributed by atoms with E-state index in [4.69, 9.17) is 9.68 Å². The molecule has 3 aromatic rings. The fraction of sp³-hybridized carbons (Fsp3) is 0. The van der Waals surface area contributed by atoms with Gasteiger partial charge in [0, 0.05) is 11.6 Å². The second kappa shape index (κ2) is 5.65. The van der Waals surface area contributed by atoms with E-state index in [1.54, 1.807) is 18.2 Å². The van der Waals surface area contributed by atoms with Crippen LogP contribution >= 0.6 is 11.3 Å². The monoisotopic (exact) mass is 294 g/mol. The summed E-state index contributed by atoms with van der Waals surface area (Å²) in [6.07, 6.45) is 0. The van der Waals surface area contributed by atoms with Gasteiger partial charge in [0.25, 0.3) is 5.91 Å². The number of hydrogen-bond acceptors (Lipinski definition) is 4. The minimum Gasteiger partial charge on any atom is -0.439 e. The lowest BCUT2D eigenvalue weighted by molar-refractivity contribution is 0.102. The third-order valence-electron chi connectivity index (χ3n) is 2.88. The zero-order valence-electron chi connectivity index (χ0n) is 10.9. The molecule has 0 atom stereocenters. The molecule has 0 bridgehead atoms. The summed E-state index contributed by atoms with van der Waals surface area (Å²) in [5.41, 5.74) is 1.16. The number of carbonyl (C=O) groups is 1. The van der Waals surface area contributed by atoms with E-state index >= 15 is 0 Å². The summed E-state index contributed by atoms with van der Waals surface area (Å²) < 4.78 is 5.61. The third-order valence-corrected chi connectivity index (χ3v) is 3.75. The molecule has 0 saturated carbocycles. The van der Waals surface area contributed by atoms with Gasteiger partial charge in [-0.15, -0.1) is 11.3 Å². The molecule has 5 heteroatoms. The zero-order chi connectivity index (χ0) is 14.7. The Kier molecular flexibility index (Phi) is 3.54. The number of nitrogens with one attached hydrogen (secondary N) is 1. The van der Waals surface area contributed by atoms with Crippen molar-refractivity contribution in [3.8, 4) is 17.4 Å².